The molecular formula is C21H27ClN4O2. The number of anilines is 1. The number of hydrogen-bond donors (Lipinski definition) is 1. The summed E-state index contributed by atoms with van der Waals surface area (Å²) < 4.78 is 12.9. The van der Waals surface area contributed by atoms with Crippen molar-refractivity contribution in [2.45, 2.75) is 39.7 Å². The molecule has 0 aliphatic carbocycles. The zero-order valence-corrected chi connectivity index (χ0v) is 17.6. The Labute approximate surface area is 170 Å². The first-order valence-electron chi connectivity index (χ1n) is 9.44. The van der Waals surface area contributed by atoms with Crippen molar-refractivity contribution in [1.82, 2.24) is 14.5 Å². The van der Waals surface area contributed by atoms with Gasteiger partial charge >= 0.3 is 0 Å². The number of halogens is 1. The van der Waals surface area contributed by atoms with E-state index >= 15 is 0 Å². The van der Waals surface area contributed by atoms with Gasteiger partial charge in [-0.25, -0.2) is 4.98 Å². The molecule has 0 saturated carbocycles. The average molecular weight is 403 g/mol. The van der Waals surface area contributed by atoms with Crippen LogP contribution in [0.25, 0.3) is 11.0 Å². The molecule has 7 heteroatoms. The molecule has 0 fully saturated rings. The molecule has 0 spiro atoms. The number of nitrogens with two attached hydrogens (primary N) is 1. The summed E-state index contributed by atoms with van der Waals surface area (Å²) in [6, 6.07) is 5.91. The van der Waals surface area contributed by atoms with Crippen LogP contribution in [0.5, 0.6) is 11.5 Å². The van der Waals surface area contributed by atoms with Gasteiger partial charge in [0.05, 0.1) is 19.7 Å². The summed E-state index contributed by atoms with van der Waals surface area (Å²) in [7, 11) is 3.26. The summed E-state index contributed by atoms with van der Waals surface area (Å²) in [5.74, 6) is 2.26. The fourth-order valence-electron chi connectivity index (χ4n) is 3.42. The van der Waals surface area contributed by atoms with Crippen LogP contribution in [0.2, 0.25) is 5.15 Å². The molecule has 28 heavy (non-hydrogen) atoms. The van der Waals surface area contributed by atoms with Crippen molar-refractivity contribution in [3.8, 4) is 11.5 Å². The molecule has 0 bridgehead atoms. The monoisotopic (exact) mass is 402 g/mol. The molecule has 1 aromatic carbocycles. The normalized spacial score (nSPS) is 11.4. The predicted octanol–water partition coefficient (Wildman–Crippen LogP) is 4.71. The second kappa shape index (κ2) is 8.69. The Kier molecular flexibility index (Phi) is 6.29. The number of nitrogens with zero attached hydrogens (tertiary/aromatic N) is 3. The van der Waals surface area contributed by atoms with Crippen molar-refractivity contribution >= 4 is 28.6 Å². The topological polar surface area (TPSA) is 75.2 Å². The molecule has 0 radical (unpaired) electrons. The third-order valence-corrected chi connectivity index (χ3v) is 5.05. The van der Waals surface area contributed by atoms with Crippen LogP contribution in [0.15, 0.2) is 24.4 Å². The number of nitrogen functional groups attached to an aromatic ring is 1. The molecule has 2 heterocycles. The average Bonchev–Trinajstić information content (AvgIpc) is 2.98. The van der Waals surface area contributed by atoms with Crippen LogP contribution in [0.4, 0.5) is 5.95 Å². The first-order chi connectivity index (χ1) is 13.4. The lowest BCUT2D eigenvalue weighted by atomic mass is 10.1. The van der Waals surface area contributed by atoms with Crippen molar-refractivity contribution in [3.05, 3.63) is 40.7 Å². The number of rotatable bonds is 8. The van der Waals surface area contributed by atoms with Crippen molar-refractivity contribution in [2.75, 3.05) is 20.0 Å². The van der Waals surface area contributed by atoms with Gasteiger partial charge in [-0.3, -0.25) is 0 Å². The fourth-order valence-corrected chi connectivity index (χ4v) is 3.71. The molecule has 2 aromatic heterocycles. The van der Waals surface area contributed by atoms with Gasteiger partial charge in [0.2, 0.25) is 5.95 Å². The zero-order chi connectivity index (χ0) is 20.3. The molecule has 150 valence electrons. The first-order valence-corrected chi connectivity index (χ1v) is 9.82. The minimum Gasteiger partial charge on any atom is -0.493 e. The molecule has 2 N–H and O–H groups in total. The Morgan fingerprint density at radius 3 is 2.57 bits per heavy atom. The first kappa shape index (κ1) is 20.3. The fraction of sp³-hybridized carbons (Fsp3) is 0.429. The van der Waals surface area contributed by atoms with Gasteiger partial charge in [0, 0.05) is 24.7 Å². The number of aromatic nitrogens is 3. The van der Waals surface area contributed by atoms with Crippen LogP contribution < -0.4 is 15.2 Å². The van der Waals surface area contributed by atoms with E-state index in [0.29, 0.717) is 29.0 Å². The van der Waals surface area contributed by atoms with Gasteiger partial charge in [-0.15, -0.1) is 0 Å². The van der Waals surface area contributed by atoms with Crippen LogP contribution in [0.3, 0.4) is 0 Å². The third-order valence-electron chi connectivity index (χ3n) is 4.78. The SMILES string of the molecule is COc1ccc(Cc2cn(CCCC(C)C)c3c(Cl)nc(N)nc23)cc1OC. The zero-order valence-electron chi connectivity index (χ0n) is 16.8. The molecule has 3 aromatic rings. The van der Waals surface area contributed by atoms with Crippen molar-refractivity contribution in [1.29, 1.82) is 0 Å². The Bertz CT molecular complexity index is 969. The highest BCUT2D eigenvalue weighted by Gasteiger charge is 2.16. The summed E-state index contributed by atoms with van der Waals surface area (Å²) in [4.78, 5) is 8.63. The van der Waals surface area contributed by atoms with Gasteiger partial charge in [0.15, 0.2) is 16.7 Å². The Hall–Kier alpha value is -2.47. The Morgan fingerprint density at radius 1 is 1.14 bits per heavy atom. The maximum Gasteiger partial charge on any atom is 0.222 e. The molecule has 0 aliphatic heterocycles. The van der Waals surface area contributed by atoms with E-state index in [1.807, 2.05) is 18.2 Å². The minimum absolute atomic E-state index is 0.186. The second-order valence-electron chi connectivity index (χ2n) is 7.32. The number of ether oxygens (including phenoxy) is 2. The summed E-state index contributed by atoms with van der Waals surface area (Å²) >= 11 is 6.42. The molecular weight excluding hydrogens is 376 g/mol. The second-order valence-corrected chi connectivity index (χ2v) is 7.68. The standard InChI is InChI=1S/C21H27ClN4O2/c1-13(2)6-5-9-26-12-15(18-19(26)20(22)25-21(23)24-18)10-14-7-8-16(27-3)17(11-14)28-4/h7-8,11-13H,5-6,9-10H2,1-4H3,(H2,23,24,25). The van der Waals surface area contributed by atoms with Gasteiger partial charge in [-0.1, -0.05) is 31.5 Å². The van der Waals surface area contributed by atoms with Crippen molar-refractivity contribution in [3.63, 3.8) is 0 Å². The predicted molar refractivity (Wildman–Crippen MR) is 113 cm³/mol. The maximum atomic E-state index is 6.42. The van der Waals surface area contributed by atoms with E-state index in [1.165, 1.54) is 0 Å². The van der Waals surface area contributed by atoms with E-state index in [0.717, 1.165) is 41.5 Å². The van der Waals surface area contributed by atoms with E-state index in [9.17, 15) is 0 Å². The minimum atomic E-state index is 0.186. The largest absolute Gasteiger partial charge is 0.493 e. The molecule has 3 rings (SSSR count). The van der Waals surface area contributed by atoms with Crippen LogP contribution >= 0.6 is 11.6 Å². The molecule has 0 unspecified atom stereocenters. The van der Waals surface area contributed by atoms with E-state index in [1.54, 1.807) is 14.2 Å². The summed E-state index contributed by atoms with van der Waals surface area (Å²) in [5, 5.41) is 0.394. The summed E-state index contributed by atoms with van der Waals surface area (Å²) in [6.45, 7) is 5.33. The molecule has 0 amide bonds. The summed E-state index contributed by atoms with van der Waals surface area (Å²) in [6.07, 6.45) is 5.01. The van der Waals surface area contributed by atoms with E-state index in [2.05, 4.69) is 34.6 Å². The van der Waals surface area contributed by atoms with Gasteiger partial charge in [0.1, 0.15) is 5.52 Å². The van der Waals surface area contributed by atoms with Crippen molar-refractivity contribution < 1.29 is 9.47 Å². The smallest absolute Gasteiger partial charge is 0.222 e. The number of fused-ring (bicyclic) bond motifs is 1. The number of aryl methyl sites for hydroxylation is 1. The molecule has 6 nitrogen and oxygen atoms in total. The summed E-state index contributed by atoms with van der Waals surface area (Å²) in [5.41, 5.74) is 9.66. The highest BCUT2D eigenvalue weighted by molar-refractivity contribution is 6.33. The lowest BCUT2D eigenvalue weighted by Gasteiger charge is -2.09. The highest BCUT2D eigenvalue weighted by Crippen LogP contribution is 2.31. The Balaban J connectivity index is 1.98. The van der Waals surface area contributed by atoms with Gasteiger partial charge in [0.25, 0.3) is 0 Å². The number of hydrogen-bond acceptors (Lipinski definition) is 5. The van der Waals surface area contributed by atoms with Gasteiger partial charge < -0.3 is 19.8 Å². The lowest BCUT2D eigenvalue weighted by molar-refractivity contribution is 0.354. The number of benzene rings is 1. The van der Waals surface area contributed by atoms with Gasteiger partial charge in [-0.2, -0.15) is 4.98 Å². The van der Waals surface area contributed by atoms with Crippen molar-refractivity contribution in [2.24, 2.45) is 5.92 Å². The lowest BCUT2D eigenvalue weighted by Crippen LogP contribution is -2.01. The number of methoxy groups -OCH3 is 2. The van der Waals surface area contributed by atoms with Crippen LogP contribution in [0.1, 0.15) is 37.8 Å². The highest BCUT2D eigenvalue weighted by atomic mass is 35.5. The van der Waals surface area contributed by atoms with E-state index < -0.39 is 0 Å². The van der Waals surface area contributed by atoms with Gasteiger partial charge in [-0.05, 0) is 36.5 Å². The third kappa shape index (κ3) is 4.33. The van der Waals surface area contributed by atoms with Crippen LogP contribution in [0, 0.1) is 5.92 Å². The molecule has 0 saturated heterocycles. The van der Waals surface area contributed by atoms with Crippen LogP contribution in [-0.2, 0) is 13.0 Å². The maximum absolute atomic E-state index is 6.42. The van der Waals surface area contributed by atoms with E-state index in [4.69, 9.17) is 26.8 Å². The van der Waals surface area contributed by atoms with E-state index in [-0.39, 0.29) is 5.95 Å². The quantitative estimate of drug-likeness (QED) is 0.552. The van der Waals surface area contributed by atoms with Crippen LogP contribution in [-0.4, -0.2) is 28.8 Å². The molecule has 0 aliphatic rings. The Morgan fingerprint density at radius 2 is 1.89 bits per heavy atom. The molecule has 0 atom stereocenters.